The monoisotopic (exact) mass is 394 g/mol. The van der Waals surface area contributed by atoms with Gasteiger partial charge in [0.1, 0.15) is 22.8 Å². The quantitative estimate of drug-likeness (QED) is 0.598. The van der Waals surface area contributed by atoms with E-state index in [1.165, 1.54) is 32.4 Å². The lowest BCUT2D eigenvalue weighted by Gasteiger charge is -2.10. The summed E-state index contributed by atoms with van der Waals surface area (Å²) in [5.74, 6) is -0.593. The fourth-order valence-electron chi connectivity index (χ4n) is 1.99. The molecule has 0 heterocycles. The lowest BCUT2D eigenvalue weighted by molar-refractivity contribution is 0.0471. The predicted molar refractivity (Wildman–Crippen MR) is 90.0 cm³/mol. The lowest BCUT2D eigenvalue weighted by Crippen LogP contribution is -2.15. The van der Waals surface area contributed by atoms with Gasteiger partial charge in [0.15, 0.2) is 6.61 Å². The summed E-state index contributed by atoms with van der Waals surface area (Å²) in [6.07, 6.45) is 0. The third kappa shape index (κ3) is 4.05. The Morgan fingerprint density at radius 3 is 2.46 bits per heavy atom. The zero-order valence-corrected chi connectivity index (χ0v) is 14.6. The smallest absolute Gasteiger partial charge is 0.342 e. The van der Waals surface area contributed by atoms with Gasteiger partial charge in [-0.2, -0.15) is 0 Å². The topological polar surface area (TPSA) is 82.1 Å². The van der Waals surface area contributed by atoms with Crippen LogP contribution in [0.1, 0.15) is 20.7 Å². The normalized spacial score (nSPS) is 10.1. The molecule has 2 aromatic carbocycles. The molecule has 6 nitrogen and oxygen atoms in total. The van der Waals surface area contributed by atoms with Gasteiger partial charge >= 0.3 is 5.97 Å². The largest absolute Gasteiger partial charge is 0.507 e. The van der Waals surface area contributed by atoms with Crippen molar-refractivity contribution in [1.29, 1.82) is 0 Å². The molecule has 0 saturated carbocycles. The van der Waals surface area contributed by atoms with Crippen LogP contribution >= 0.6 is 15.9 Å². The molecule has 0 aromatic heterocycles. The number of benzene rings is 2. The van der Waals surface area contributed by atoms with Crippen LogP contribution in [0, 0.1) is 0 Å². The van der Waals surface area contributed by atoms with Crippen molar-refractivity contribution in [2.45, 2.75) is 0 Å². The summed E-state index contributed by atoms with van der Waals surface area (Å²) in [6.45, 7) is -0.479. The first-order valence-corrected chi connectivity index (χ1v) is 7.66. The highest BCUT2D eigenvalue weighted by atomic mass is 79.9. The van der Waals surface area contributed by atoms with Crippen LogP contribution in [0.3, 0.4) is 0 Å². The Morgan fingerprint density at radius 1 is 1.04 bits per heavy atom. The molecule has 0 fully saturated rings. The highest BCUT2D eigenvalue weighted by Gasteiger charge is 2.18. The standard InChI is InChI=1S/C17H15BrO6/c1-22-11-4-5-12(16(8-11)23-2)15(20)9-24-17(21)13-7-10(18)3-6-14(13)19/h3-8,19H,9H2,1-2H3. The number of Topliss-reactive ketones (excluding diaryl/α,β-unsaturated/α-hetero) is 1. The van der Waals surface area contributed by atoms with Gasteiger partial charge in [-0.1, -0.05) is 15.9 Å². The number of ketones is 1. The minimum Gasteiger partial charge on any atom is -0.507 e. The summed E-state index contributed by atoms with van der Waals surface area (Å²) in [5, 5.41) is 9.69. The van der Waals surface area contributed by atoms with E-state index in [9.17, 15) is 14.7 Å². The first-order valence-electron chi connectivity index (χ1n) is 6.87. The van der Waals surface area contributed by atoms with Crippen molar-refractivity contribution in [2.24, 2.45) is 0 Å². The van der Waals surface area contributed by atoms with Crippen molar-refractivity contribution in [1.82, 2.24) is 0 Å². The summed E-state index contributed by atoms with van der Waals surface area (Å²) in [5.41, 5.74) is 0.239. The average Bonchev–Trinajstić information content (AvgIpc) is 2.60. The van der Waals surface area contributed by atoms with Crippen molar-refractivity contribution < 1.29 is 28.9 Å². The Balaban J connectivity index is 2.10. The number of hydrogen-bond donors (Lipinski definition) is 1. The number of esters is 1. The molecule has 2 rings (SSSR count). The van der Waals surface area contributed by atoms with Gasteiger partial charge in [0, 0.05) is 10.5 Å². The number of carbonyl (C=O) groups is 2. The van der Waals surface area contributed by atoms with Gasteiger partial charge < -0.3 is 19.3 Å². The fourth-order valence-corrected chi connectivity index (χ4v) is 2.35. The highest BCUT2D eigenvalue weighted by Crippen LogP contribution is 2.26. The first kappa shape index (κ1) is 17.8. The average molecular weight is 395 g/mol. The van der Waals surface area contributed by atoms with Crippen molar-refractivity contribution >= 4 is 27.7 Å². The molecule has 0 radical (unpaired) electrons. The summed E-state index contributed by atoms with van der Waals surface area (Å²) >= 11 is 3.20. The van der Waals surface area contributed by atoms with Crippen LogP contribution < -0.4 is 9.47 Å². The van der Waals surface area contributed by atoms with Crippen LogP contribution in [0.25, 0.3) is 0 Å². The van der Waals surface area contributed by atoms with Crippen molar-refractivity contribution in [3.8, 4) is 17.2 Å². The number of phenolic OH excluding ortho intramolecular Hbond substituents is 1. The van der Waals surface area contributed by atoms with Crippen LogP contribution in [0.15, 0.2) is 40.9 Å². The second-order valence-corrected chi connectivity index (χ2v) is 5.64. The van der Waals surface area contributed by atoms with E-state index in [0.29, 0.717) is 16.0 Å². The Bertz CT molecular complexity index is 772. The van der Waals surface area contributed by atoms with E-state index >= 15 is 0 Å². The molecule has 126 valence electrons. The van der Waals surface area contributed by atoms with Gasteiger partial charge in [0.25, 0.3) is 0 Å². The minimum atomic E-state index is -0.797. The molecule has 0 atom stereocenters. The van der Waals surface area contributed by atoms with Crippen molar-refractivity contribution in [3.63, 3.8) is 0 Å². The molecule has 0 spiro atoms. The summed E-state index contributed by atoms with van der Waals surface area (Å²) in [7, 11) is 2.93. The third-order valence-electron chi connectivity index (χ3n) is 3.22. The zero-order chi connectivity index (χ0) is 17.7. The molecular formula is C17H15BrO6. The SMILES string of the molecule is COc1ccc(C(=O)COC(=O)c2cc(Br)ccc2O)c(OC)c1. The molecule has 1 N–H and O–H groups in total. The number of methoxy groups -OCH3 is 2. The summed E-state index contributed by atoms with van der Waals surface area (Å²) in [6, 6.07) is 9.06. The minimum absolute atomic E-state index is 0.0288. The Labute approximate surface area is 147 Å². The fraction of sp³-hybridized carbons (Fsp3) is 0.176. The van der Waals surface area contributed by atoms with E-state index in [1.807, 2.05) is 0 Å². The Kier molecular flexibility index (Phi) is 5.81. The second kappa shape index (κ2) is 7.83. The number of carbonyl (C=O) groups excluding carboxylic acids is 2. The molecule has 0 aliphatic carbocycles. The van der Waals surface area contributed by atoms with Gasteiger partial charge in [-0.05, 0) is 30.3 Å². The maximum Gasteiger partial charge on any atom is 0.342 e. The number of phenols is 1. The number of ether oxygens (including phenoxy) is 3. The molecule has 7 heteroatoms. The van der Waals surface area contributed by atoms with Gasteiger partial charge in [-0.15, -0.1) is 0 Å². The molecule has 0 unspecified atom stereocenters. The summed E-state index contributed by atoms with van der Waals surface area (Å²) < 4.78 is 15.8. The molecule has 0 saturated heterocycles. The maximum absolute atomic E-state index is 12.2. The maximum atomic E-state index is 12.2. The van der Waals surface area contributed by atoms with Gasteiger partial charge in [-0.25, -0.2) is 4.79 Å². The van der Waals surface area contributed by atoms with E-state index in [-0.39, 0.29) is 16.9 Å². The predicted octanol–water partition coefficient (Wildman–Crippen LogP) is 3.21. The highest BCUT2D eigenvalue weighted by molar-refractivity contribution is 9.10. The van der Waals surface area contributed by atoms with Crippen molar-refractivity contribution in [2.75, 3.05) is 20.8 Å². The zero-order valence-electron chi connectivity index (χ0n) is 13.0. The van der Waals surface area contributed by atoms with Crippen LogP contribution in [0.4, 0.5) is 0 Å². The van der Waals surface area contributed by atoms with E-state index in [4.69, 9.17) is 14.2 Å². The van der Waals surface area contributed by atoms with E-state index in [0.717, 1.165) is 0 Å². The first-order chi connectivity index (χ1) is 11.5. The third-order valence-corrected chi connectivity index (χ3v) is 3.72. The van der Waals surface area contributed by atoms with E-state index in [1.54, 1.807) is 18.2 Å². The second-order valence-electron chi connectivity index (χ2n) is 4.73. The van der Waals surface area contributed by atoms with Gasteiger partial charge in [0.05, 0.1) is 19.8 Å². The Morgan fingerprint density at radius 2 is 1.79 bits per heavy atom. The van der Waals surface area contributed by atoms with Gasteiger partial charge in [-0.3, -0.25) is 4.79 Å². The number of hydrogen-bond acceptors (Lipinski definition) is 6. The van der Waals surface area contributed by atoms with E-state index in [2.05, 4.69) is 15.9 Å². The van der Waals surface area contributed by atoms with Crippen LogP contribution in [0.5, 0.6) is 17.2 Å². The van der Waals surface area contributed by atoms with E-state index < -0.39 is 18.4 Å². The molecule has 0 bridgehead atoms. The Hall–Kier alpha value is -2.54. The summed E-state index contributed by atoms with van der Waals surface area (Å²) in [4.78, 5) is 24.2. The number of rotatable bonds is 6. The number of aromatic hydroxyl groups is 1. The van der Waals surface area contributed by atoms with Crippen LogP contribution in [-0.4, -0.2) is 37.7 Å². The van der Waals surface area contributed by atoms with Crippen LogP contribution in [0.2, 0.25) is 0 Å². The van der Waals surface area contributed by atoms with Crippen molar-refractivity contribution in [3.05, 3.63) is 52.0 Å². The molecular weight excluding hydrogens is 380 g/mol. The number of halogens is 1. The van der Waals surface area contributed by atoms with Gasteiger partial charge in [0.2, 0.25) is 5.78 Å². The molecule has 24 heavy (non-hydrogen) atoms. The molecule has 0 amide bonds. The van der Waals surface area contributed by atoms with Crippen LogP contribution in [-0.2, 0) is 4.74 Å². The molecule has 0 aliphatic heterocycles. The lowest BCUT2D eigenvalue weighted by atomic mass is 10.1. The molecule has 2 aromatic rings. The molecule has 0 aliphatic rings.